The molecule has 4 heteroatoms. The number of hydrogen-bond acceptors (Lipinski definition) is 3. The summed E-state index contributed by atoms with van der Waals surface area (Å²) in [5.74, 6) is 1.06. The third-order valence-corrected chi connectivity index (χ3v) is 1.32. The first-order chi connectivity index (χ1) is 5.24. The van der Waals surface area contributed by atoms with Gasteiger partial charge in [0.15, 0.2) is 0 Å². The number of nitrogens with one attached hydrogen (secondary N) is 2. The van der Waals surface area contributed by atoms with E-state index < -0.39 is 0 Å². The fourth-order valence-corrected chi connectivity index (χ4v) is 0.666. The Morgan fingerprint density at radius 1 is 1.45 bits per heavy atom. The van der Waals surface area contributed by atoms with Crippen LogP contribution in [0.4, 0.5) is 0 Å². The van der Waals surface area contributed by atoms with Crippen LogP contribution < -0.4 is 5.32 Å². The van der Waals surface area contributed by atoms with Crippen molar-refractivity contribution < 1.29 is 0 Å². The molecule has 11 heavy (non-hydrogen) atoms. The van der Waals surface area contributed by atoms with Crippen molar-refractivity contribution >= 4 is 5.84 Å². The topological polar surface area (TPSA) is 61.7 Å². The molecule has 0 radical (unpaired) electrons. The molecule has 58 valence electrons. The predicted octanol–water partition coefficient (Wildman–Crippen LogP) is 0.330. The molecular formula is C7H10N4. The van der Waals surface area contributed by atoms with E-state index in [1.807, 2.05) is 6.92 Å². The van der Waals surface area contributed by atoms with E-state index in [9.17, 15) is 0 Å². The monoisotopic (exact) mass is 150 g/mol. The van der Waals surface area contributed by atoms with Crippen LogP contribution in [-0.2, 0) is 0 Å². The fourth-order valence-electron chi connectivity index (χ4n) is 0.666. The van der Waals surface area contributed by atoms with Gasteiger partial charge in [-0.15, -0.1) is 0 Å². The van der Waals surface area contributed by atoms with Gasteiger partial charge in [-0.1, -0.05) is 0 Å². The molecule has 0 unspecified atom stereocenters. The molecule has 0 bridgehead atoms. The van der Waals surface area contributed by atoms with Crippen LogP contribution in [0.1, 0.15) is 11.4 Å². The molecule has 1 aromatic heterocycles. The van der Waals surface area contributed by atoms with Gasteiger partial charge in [-0.05, 0) is 6.92 Å². The van der Waals surface area contributed by atoms with Crippen LogP contribution in [0.5, 0.6) is 0 Å². The normalized spacial score (nSPS) is 9.27. The third kappa shape index (κ3) is 1.73. The first kappa shape index (κ1) is 7.65. The van der Waals surface area contributed by atoms with Crippen molar-refractivity contribution in [3.05, 3.63) is 23.8 Å². The lowest BCUT2D eigenvalue weighted by Gasteiger charge is -2.00. The molecule has 1 rings (SSSR count). The summed E-state index contributed by atoms with van der Waals surface area (Å²) in [4.78, 5) is 7.91. The van der Waals surface area contributed by atoms with E-state index in [0.29, 0.717) is 11.4 Å². The number of hydrogen-bond donors (Lipinski definition) is 2. The molecule has 0 spiro atoms. The Hall–Kier alpha value is -1.45. The van der Waals surface area contributed by atoms with Crippen molar-refractivity contribution in [1.82, 2.24) is 15.3 Å². The van der Waals surface area contributed by atoms with E-state index in [0.717, 1.165) is 5.82 Å². The second-order valence-corrected chi connectivity index (χ2v) is 2.14. The maximum atomic E-state index is 7.36. The summed E-state index contributed by atoms with van der Waals surface area (Å²) in [6, 6.07) is 0. The van der Waals surface area contributed by atoms with Gasteiger partial charge in [0, 0.05) is 19.4 Å². The Labute approximate surface area is 65.2 Å². The molecule has 0 saturated heterocycles. The van der Waals surface area contributed by atoms with Gasteiger partial charge in [-0.3, -0.25) is 5.41 Å². The van der Waals surface area contributed by atoms with Gasteiger partial charge in [-0.2, -0.15) is 0 Å². The lowest BCUT2D eigenvalue weighted by molar-refractivity contribution is 1.03. The van der Waals surface area contributed by atoms with Gasteiger partial charge in [0.05, 0.1) is 5.56 Å². The zero-order valence-electron chi connectivity index (χ0n) is 6.55. The molecule has 2 N–H and O–H groups in total. The van der Waals surface area contributed by atoms with Crippen molar-refractivity contribution in [3.63, 3.8) is 0 Å². The standard InChI is InChI=1S/C7H10N4/c1-5-10-3-6(4-11-5)7(8)9-2/h3-4H,1-2H3,(H2,8,9). The van der Waals surface area contributed by atoms with Gasteiger partial charge >= 0.3 is 0 Å². The zero-order valence-corrected chi connectivity index (χ0v) is 6.55. The van der Waals surface area contributed by atoms with E-state index in [1.54, 1.807) is 19.4 Å². The number of aromatic nitrogens is 2. The maximum Gasteiger partial charge on any atom is 0.128 e. The Morgan fingerprint density at radius 2 is 2.00 bits per heavy atom. The highest BCUT2D eigenvalue weighted by atomic mass is 14.9. The van der Waals surface area contributed by atoms with Gasteiger partial charge < -0.3 is 5.32 Å². The minimum Gasteiger partial charge on any atom is -0.373 e. The summed E-state index contributed by atoms with van der Waals surface area (Å²) in [6.45, 7) is 1.81. The smallest absolute Gasteiger partial charge is 0.128 e. The summed E-state index contributed by atoms with van der Waals surface area (Å²) in [6.07, 6.45) is 3.25. The zero-order chi connectivity index (χ0) is 8.27. The second kappa shape index (κ2) is 3.09. The molecule has 1 aromatic rings. The summed E-state index contributed by atoms with van der Waals surface area (Å²) >= 11 is 0. The Kier molecular flexibility index (Phi) is 2.15. The summed E-state index contributed by atoms with van der Waals surface area (Å²) < 4.78 is 0. The van der Waals surface area contributed by atoms with Crippen LogP contribution in [0.15, 0.2) is 12.4 Å². The quantitative estimate of drug-likeness (QED) is 0.448. The van der Waals surface area contributed by atoms with Gasteiger partial charge in [0.2, 0.25) is 0 Å². The van der Waals surface area contributed by atoms with Crippen LogP contribution in [0.3, 0.4) is 0 Å². The second-order valence-electron chi connectivity index (χ2n) is 2.14. The molecule has 0 atom stereocenters. The Morgan fingerprint density at radius 3 is 2.45 bits per heavy atom. The van der Waals surface area contributed by atoms with Crippen molar-refractivity contribution in [2.45, 2.75) is 6.92 Å². The van der Waals surface area contributed by atoms with Gasteiger partial charge in [0.25, 0.3) is 0 Å². The molecular weight excluding hydrogens is 140 g/mol. The van der Waals surface area contributed by atoms with Crippen molar-refractivity contribution in [2.75, 3.05) is 7.05 Å². The van der Waals surface area contributed by atoms with E-state index >= 15 is 0 Å². The van der Waals surface area contributed by atoms with Crippen LogP contribution in [0.25, 0.3) is 0 Å². The van der Waals surface area contributed by atoms with E-state index in [-0.39, 0.29) is 0 Å². The first-order valence-corrected chi connectivity index (χ1v) is 3.29. The molecule has 1 heterocycles. The average Bonchev–Trinajstić information content (AvgIpc) is 2.05. The number of rotatable bonds is 1. The molecule has 0 aromatic carbocycles. The highest BCUT2D eigenvalue weighted by molar-refractivity contribution is 5.95. The van der Waals surface area contributed by atoms with Gasteiger partial charge in [-0.25, -0.2) is 9.97 Å². The third-order valence-electron chi connectivity index (χ3n) is 1.32. The fraction of sp³-hybridized carbons (Fsp3) is 0.286. The van der Waals surface area contributed by atoms with Gasteiger partial charge in [0.1, 0.15) is 11.7 Å². The van der Waals surface area contributed by atoms with Crippen LogP contribution in [-0.4, -0.2) is 22.9 Å². The maximum absolute atomic E-state index is 7.36. The molecule has 4 nitrogen and oxygen atoms in total. The molecule has 0 amide bonds. The number of nitrogens with zero attached hydrogens (tertiary/aromatic N) is 2. The largest absolute Gasteiger partial charge is 0.373 e. The average molecular weight is 150 g/mol. The minimum absolute atomic E-state index is 0.338. The lowest BCUT2D eigenvalue weighted by Crippen LogP contribution is -2.18. The summed E-state index contributed by atoms with van der Waals surface area (Å²) in [5, 5.41) is 10.1. The number of amidine groups is 1. The molecule has 0 aliphatic heterocycles. The Bertz CT molecular complexity index is 252. The SMILES string of the molecule is CNC(=N)c1cnc(C)nc1. The highest BCUT2D eigenvalue weighted by Crippen LogP contribution is 1.93. The van der Waals surface area contributed by atoms with Crippen LogP contribution >= 0.6 is 0 Å². The van der Waals surface area contributed by atoms with Crippen molar-refractivity contribution in [2.24, 2.45) is 0 Å². The Balaban J connectivity index is 2.90. The van der Waals surface area contributed by atoms with Crippen LogP contribution in [0.2, 0.25) is 0 Å². The van der Waals surface area contributed by atoms with E-state index in [4.69, 9.17) is 5.41 Å². The highest BCUT2D eigenvalue weighted by Gasteiger charge is 1.97. The van der Waals surface area contributed by atoms with E-state index in [1.165, 1.54) is 0 Å². The van der Waals surface area contributed by atoms with Crippen LogP contribution in [0, 0.1) is 12.3 Å². The summed E-state index contributed by atoms with van der Waals surface area (Å²) in [7, 11) is 1.70. The van der Waals surface area contributed by atoms with Crippen molar-refractivity contribution in [1.29, 1.82) is 5.41 Å². The van der Waals surface area contributed by atoms with E-state index in [2.05, 4.69) is 15.3 Å². The predicted molar refractivity (Wildman–Crippen MR) is 42.7 cm³/mol. The lowest BCUT2D eigenvalue weighted by atomic mass is 10.3. The minimum atomic E-state index is 0.338. The summed E-state index contributed by atoms with van der Waals surface area (Å²) in [5.41, 5.74) is 0.707. The molecule has 0 saturated carbocycles. The number of aryl methyl sites for hydroxylation is 1. The van der Waals surface area contributed by atoms with Crippen molar-refractivity contribution in [3.8, 4) is 0 Å². The molecule has 0 aliphatic rings. The molecule has 0 fully saturated rings. The molecule has 0 aliphatic carbocycles. The first-order valence-electron chi connectivity index (χ1n) is 3.29.